The highest BCUT2D eigenvalue weighted by Gasteiger charge is 2.04. The standard InChI is InChI=1S/C14H21F2N3O/c1-3-17-14(18-7-8-20-4-2)19-10-11-9-12(15)5-6-13(11)16/h5-6,9H,3-4,7-8,10H2,1-2H3,(H2,17,18,19). The number of hydrogen-bond donors (Lipinski definition) is 2. The summed E-state index contributed by atoms with van der Waals surface area (Å²) in [5, 5.41) is 6.09. The van der Waals surface area contributed by atoms with E-state index >= 15 is 0 Å². The number of halogens is 2. The van der Waals surface area contributed by atoms with Gasteiger partial charge in [0, 0.05) is 25.3 Å². The van der Waals surface area contributed by atoms with Gasteiger partial charge in [0.25, 0.3) is 0 Å². The van der Waals surface area contributed by atoms with Crippen LogP contribution in [0.4, 0.5) is 8.78 Å². The second-order valence-corrected chi connectivity index (χ2v) is 4.05. The van der Waals surface area contributed by atoms with Crippen molar-refractivity contribution in [3.63, 3.8) is 0 Å². The summed E-state index contributed by atoms with van der Waals surface area (Å²) in [5.41, 5.74) is 0.229. The molecule has 6 heteroatoms. The molecule has 0 aliphatic carbocycles. The first-order valence-electron chi connectivity index (χ1n) is 6.71. The lowest BCUT2D eigenvalue weighted by Crippen LogP contribution is -2.39. The van der Waals surface area contributed by atoms with Crippen LogP contribution in [0.5, 0.6) is 0 Å². The molecular weight excluding hydrogens is 264 g/mol. The molecule has 0 bridgehead atoms. The van der Waals surface area contributed by atoms with Crippen molar-refractivity contribution in [2.45, 2.75) is 20.4 Å². The fraction of sp³-hybridized carbons (Fsp3) is 0.500. The molecule has 1 rings (SSSR count). The number of aliphatic imine (C=N–C) groups is 1. The van der Waals surface area contributed by atoms with Gasteiger partial charge in [0.2, 0.25) is 0 Å². The Bertz CT molecular complexity index is 438. The topological polar surface area (TPSA) is 45.7 Å². The smallest absolute Gasteiger partial charge is 0.191 e. The molecule has 112 valence electrons. The van der Waals surface area contributed by atoms with Crippen molar-refractivity contribution in [3.8, 4) is 0 Å². The van der Waals surface area contributed by atoms with E-state index < -0.39 is 11.6 Å². The van der Waals surface area contributed by atoms with Crippen LogP contribution >= 0.6 is 0 Å². The van der Waals surface area contributed by atoms with Crippen molar-refractivity contribution in [2.75, 3.05) is 26.3 Å². The minimum absolute atomic E-state index is 0.0769. The number of rotatable bonds is 7. The van der Waals surface area contributed by atoms with Gasteiger partial charge >= 0.3 is 0 Å². The summed E-state index contributed by atoms with van der Waals surface area (Å²) in [5.74, 6) is -0.373. The van der Waals surface area contributed by atoms with E-state index in [0.717, 1.165) is 18.2 Å². The first-order valence-corrected chi connectivity index (χ1v) is 6.71. The van der Waals surface area contributed by atoms with E-state index in [9.17, 15) is 8.78 Å². The van der Waals surface area contributed by atoms with Gasteiger partial charge in [-0.05, 0) is 32.0 Å². The van der Waals surface area contributed by atoms with Gasteiger partial charge in [-0.25, -0.2) is 13.8 Å². The van der Waals surface area contributed by atoms with E-state index in [0.29, 0.717) is 32.3 Å². The van der Waals surface area contributed by atoms with Gasteiger partial charge in [-0.2, -0.15) is 0 Å². The molecule has 0 unspecified atom stereocenters. The third kappa shape index (κ3) is 5.97. The van der Waals surface area contributed by atoms with E-state index in [1.165, 1.54) is 0 Å². The number of nitrogens with zero attached hydrogens (tertiary/aromatic N) is 1. The number of nitrogens with one attached hydrogen (secondary N) is 2. The van der Waals surface area contributed by atoms with E-state index in [2.05, 4.69) is 15.6 Å². The first-order chi connectivity index (χ1) is 9.67. The maximum Gasteiger partial charge on any atom is 0.191 e. The molecule has 0 heterocycles. The summed E-state index contributed by atoms with van der Waals surface area (Å²) in [6.07, 6.45) is 0. The van der Waals surface area contributed by atoms with Crippen LogP contribution in [-0.4, -0.2) is 32.3 Å². The minimum atomic E-state index is -0.467. The van der Waals surface area contributed by atoms with Gasteiger partial charge in [0.15, 0.2) is 5.96 Å². The summed E-state index contributed by atoms with van der Waals surface area (Å²) >= 11 is 0. The van der Waals surface area contributed by atoms with Crippen molar-refractivity contribution in [2.24, 2.45) is 4.99 Å². The predicted molar refractivity (Wildman–Crippen MR) is 75.7 cm³/mol. The Morgan fingerprint density at radius 1 is 1.25 bits per heavy atom. The molecule has 0 saturated heterocycles. The van der Waals surface area contributed by atoms with Crippen LogP contribution in [0.15, 0.2) is 23.2 Å². The molecule has 1 aromatic carbocycles. The molecule has 2 N–H and O–H groups in total. The average Bonchev–Trinajstić information content (AvgIpc) is 2.44. The third-order valence-electron chi connectivity index (χ3n) is 2.50. The van der Waals surface area contributed by atoms with Gasteiger partial charge in [0.05, 0.1) is 13.2 Å². The fourth-order valence-electron chi connectivity index (χ4n) is 1.56. The number of guanidine groups is 1. The quantitative estimate of drug-likeness (QED) is 0.458. The largest absolute Gasteiger partial charge is 0.380 e. The Morgan fingerprint density at radius 2 is 2.05 bits per heavy atom. The van der Waals surface area contributed by atoms with Crippen LogP contribution in [0, 0.1) is 11.6 Å². The average molecular weight is 285 g/mol. The predicted octanol–water partition coefficient (Wildman–Crippen LogP) is 2.06. The van der Waals surface area contributed by atoms with Gasteiger partial charge in [-0.15, -0.1) is 0 Å². The zero-order valence-electron chi connectivity index (χ0n) is 11.9. The summed E-state index contributed by atoms with van der Waals surface area (Å²) in [6, 6.07) is 3.35. The molecule has 20 heavy (non-hydrogen) atoms. The molecule has 0 spiro atoms. The highest BCUT2D eigenvalue weighted by molar-refractivity contribution is 5.79. The zero-order chi connectivity index (χ0) is 14.8. The van der Waals surface area contributed by atoms with E-state index in [4.69, 9.17) is 4.74 Å². The normalized spacial score (nSPS) is 11.5. The Morgan fingerprint density at radius 3 is 2.75 bits per heavy atom. The third-order valence-corrected chi connectivity index (χ3v) is 2.50. The van der Waals surface area contributed by atoms with Gasteiger partial charge in [-0.3, -0.25) is 0 Å². The molecule has 0 radical (unpaired) electrons. The Labute approximate surface area is 118 Å². The molecule has 0 amide bonds. The molecular formula is C14H21F2N3O. The minimum Gasteiger partial charge on any atom is -0.380 e. The van der Waals surface area contributed by atoms with E-state index in [1.807, 2.05) is 13.8 Å². The molecule has 0 aliphatic rings. The van der Waals surface area contributed by atoms with Crippen LogP contribution in [0.1, 0.15) is 19.4 Å². The zero-order valence-corrected chi connectivity index (χ0v) is 11.9. The molecule has 0 fully saturated rings. The van der Waals surface area contributed by atoms with Crippen molar-refractivity contribution >= 4 is 5.96 Å². The first kappa shape index (κ1) is 16.4. The van der Waals surface area contributed by atoms with Crippen LogP contribution in [0.3, 0.4) is 0 Å². The molecule has 0 aliphatic heterocycles. The van der Waals surface area contributed by atoms with Crippen molar-refractivity contribution in [3.05, 3.63) is 35.4 Å². The maximum absolute atomic E-state index is 13.5. The van der Waals surface area contributed by atoms with Gasteiger partial charge < -0.3 is 15.4 Å². The second kappa shape index (κ2) is 9.25. The van der Waals surface area contributed by atoms with Crippen LogP contribution in [0.25, 0.3) is 0 Å². The lowest BCUT2D eigenvalue weighted by atomic mass is 10.2. The Hall–Kier alpha value is -1.69. The monoisotopic (exact) mass is 285 g/mol. The molecule has 0 aromatic heterocycles. The van der Waals surface area contributed by atoms with Gasteiger partial charge in [-0.1, -0.05) is 0 Å². The lowest BCUT2D eigenvalue weighted by molar-refractivity contribution is 0.152. The molecule has 0 saturated carbocycles. The maximum atomic E-state index is 13.5. The summed E-state index contributed by atoms with van der Waals surface area (Å²) in [6.45, 7) is 6.44. The SMILES string of the molecule is CCNC(=NCc1cc(F)ccc1F)NCCOCC. The van der Waals surface area contributed by atoms with Crippen LogP contribution < -0.4 is 10.6 Å². The molecule has 1 aromatic rings. The Balaban J connectivity index is 2.59. The van der Waals surface area contributed by atoms with E-state index in [1.54, 1.807) is 0 Å². The summed E-state index contributed by atoms with van der Waals surface area (Å²) in [4.78, 5) is 4.22. The molecule has 4 nitrogen and oxygen atoms in total. The highest BCUT2D eigenvalue weighted by Crippen LogP contribution is 2.10. The second-order valence-electron chi connectivity index (χ2n) is 4.05. The van der Waals surface area contributed by atoms with Crippen molar-refractivity contribution in [1.29, 1.82) is 0 Å². The van der Waals surface area contributed by atoms with Crippen molar-refractivity contribution < 1.29 is 13.5 Å². The van der Waals surface area contributed by atoms with Crippen LogP contribution in [0.2, 0.25) is 0 Å². The fourth-order valence-corrected chi connectivity index (χ4v) is 1.56. The number of benzene rings is 1. The summed E-state index contributed by atoms with van der Waals surface area (Å²) < 4.78 is 31.7. The van der Waals surface area contributed by atoms with E-state index in [-0.39, 0.29) is 12.1 Å². The lowest BCUT2D eigenvalue weighted by Gasteiger charge is -2.11. The summed E-state index contributed by atoms with van der Waals surface area (Å²) in [7, 11) is 0. The number of ether oxygens (including phenoxy) is 1. The Kier molecular flexibility index (Phi) is 7.57. The number of hydrogen-bond acceptors (Lipinski definition) is 2. The van der Waals surface area contributed by atoms with Gasteiger partial charge in [0.1, 0.15) is 11.6 Å². The van der Waals surface area contributed by atoms with Crippen molar-refractivity contribution in [1.82, 2.24) is 10.6 Å². The highest BCUT2D eigenvalue weighted by atomic mass is 19.1. The molecule has 0 atom stereocenters. The van der Waals surface area contributed by atoms with Crippen LogP contribution in [-0.2, 0) is 11.3 Å².